The van der Waals surface area contributed by atoms with Gasteiger partial charge in [0, 0.05) is 7.11 Å². The molecule has 30 heavy (non-hydrogen) atoms. The number of hydrogen-bond acceptors (Lipinski definition) is 9. The van der Waals surface area contributed by atoms with E-state index >= 15 is 0 Å². The SMILES string of the molecule is C=CC1=C(C)C(=O)C(OP(=O)(OC)OC/C=C2/OC(=O)C(OC)=C2OC)CC1(C)C. The lowest BCUT2D eigenvalue weighted by molar-refractivity contribution is -0.136. The molecule has 0 spiro atoms. The summed E-state index contributed by atoms with van der Waals surface area (Å²) in [5, 5.41) is 0. The Labute approximate surface area is 175 Å². The van der Waals surface area contributed by atoms with E-state index < -0.39 is 25.3 Å². The Morgan fingerprint density at radius 1 is 1.20 bits per heavy atom. The molecule has 1 aliphatic heterocycles. The molecule has 0 saturated carbocycles. The molecule has 166 valence electrons. The lowest BCUT2D eigenvalue weighted by Gasteiger charge is -2.37. The Morgan fingerprint density at radius 2 is 1.83 bits per heavy atom. The Hall–Kier alpha value is -2.19. The lowest BCUT2D eigenvalue weighted by atomic mass is 9.71. The average Bonchev–Trinajstić information content (AvgIpc) is 3.00. The van der Waals surface area contributed by atoms with Crippen LogP contribution in [0.5, 0.6) is 0 Å². The predicted octanol–water partition coefficient (Wildman–Crippen LogP) is 3.59. The molecule has 1 aliphatic carbocycles. The van der Waals surface area contributed by atoms with Crippen molar-refractivity contribution >= 4 is 19.6 Å². The van der Waals surface area contributed by atoms with E-state index in [0.29, 0.717) is 5.57 Å². The minimum Gasteiger partial charge on any atom is -0.490 e. The van der Waals surface area contributed by atoms with Gasteiger partial charge in [0.15, 0.2) is 11.5 Å². The molecule has 2 unspecified atom stereocenters. The molecule has 2 atom stereocenters. The van der Waals surface area contributed by atoms with Crippen LogP contribution in [0.3, 0.4) is 0 Å². The van der Waals surface area contributed by atoms with Crippen LogP contribution in [0.15, 0.2) is 47.2 Å². The summed E-state index contributed by atoms with van der Waals surface area (Å²) in [7, 11) is -0.276. The van der Waals surface area contributed by atoms with Crippen molar-refractivity contribution in [1.82, 2.24) is 0 Å². The number of hydrogen-bond donors (Lipinski definition) is 0. The number of carbonyl (C=O) groups excluding carboxylic acids is 2. The van der Waals surface area contributed by atoms with Crippen molar-refractivity contribution in [2.75, 3.05) is 27.9 Å². The molecule has 0 saturated heterocycles. The zero-order valence-corrected chi connectivity index (χ0v) is 18.9. The number of methoxy groups -OCH3 is 2. The molecule has 1 heterocycles. The van der Waals surface area contributed by atoms with E-state index in [-0.39, 0.29) is 36.1 Å². The van der Waals surface area contributed by atoms with Gasteiger partial charge >= 0.3 is 13.8 Å². The minimum atomic E-state index is -4.08. The number of ketones is 1. The number of rotatable bonds is 9. The fourth-order valence-corrected chi connectivity index (χ4v) is 4.44. The van der Waals surface area contributed by atoms with E-state index in [1.165, 1.54) is 20.3 Å². The summed E-state index contributed by atoms with van der Waals surface area (Å²) < 4.78 is 43.7. The first-order valence-electron chi connectivity index (χ1n) is 9.15. The first-order valence-corrected chi connectivity index (χ1v) is 10.6. The standard InChI is InChI=1S/C20H27O9P/c1-8-13-12(2)16(21)15(11-20(13,3)4)29-30(23,26-7)27-10-9-14-17(24-5)18(25-6)19(22)28-14/h8-9,15H,1,10-11H2,2-7H3/b14-9+. The summed E-state index contributed by atoms with van der Waals surface area (Å²) in [6, 6.07) is 0. The molecule has 10 heteroatoms. The van der Waals surface area contributed by atoms with Crippen LogP contribution in [0.25, 0.3) is 0 Å². The third kappa shape index (κ3) is 4.75. The fourth-order valence-electron chi connectivity index (χ4n) is 3.45. The highest BCUT2D eigenvalue weighted by Gasteiger charge is 2.42. The predicted molar refractivity (Wildman–Crippen MR) is 107 cm³/mol. The molecule has 0 aromatic heterocycles. The summed E-state index contributed by atoms with van der Waals surface area (Å²) in [6.07, 6.45) is 2.26. The first-order chi connectivity index (χ1) is 14.0. The molecular formula is C20H27O9P. The number of allylic oxidation sites excluding steroid dienone is 2. The molecule has 0 fully saturated rings. The highest BCUT2D eigenvalue weighted by molar-refractivity contribution is 7.48. The van der Waals surface area contributed by atoms with Gasteiger partial charge in [0.05, 0.1) is 20.8 Å². The number of cyclic esters (lactones) is 1. The molecule has 0 bridgehead atoms. The smallest absolute Gasteiger partial charge is 0.475 e. The van der Waals surface area contributed by atoms with Crippen LogP contribution >= 0.6 is 7.82 Å². The minimum absolute atomic E-state index is 0.0475. The normalized spacial score (nSPS) is 24.7. The summed E-state index contributed by atoms with van der Waals surface area (Å²) in [5.74, 6) is -0.984. The van der Waals surface area contributed by atoms with E-state index in [1.807, 2.05) is 13.8 Å². The summed E-state index contributed by atoms with van der Waals surface area (Å²) in [6.45, 7) is 9.04. The van der Waals surface area contributed by atoms with Crippen molar-refractivity contribution in [3.05, 3.63) is 47.2 Å². The van der Waals surface area contributed by atoms with E-state index in [1.54, 1.807) is 13.0 Å². The second kappa shape index (κ2) is 9.31. The Morgan fingerprint density at radius 3 is 2.37 bits per heavy atom. The van der Waals surface area contributed by atoms with Crippen molar-refractivity contribution in [3.63, 3.8) is 0 Å². The average molecular weight is 442 g/mol. The van der Waals surface area contributed by atoms with Gasteiger partial charge in [-0.3, -0.25) is 18.4 Å². The van der Waals surface area contributed by atoms with Gasteiger partial charge < -0.3 is 14.2 Å². The van der Waals surface area contributed by atoms with E-state index in [9.17, 15) is 14.2 Å². The lowest BCUT2D eigenvalue weighted by Crippen LogP contribution is -2.37. The molecule has 0 radical (unpaired) electrons. The van der Waals surface area contributed by atoms with Crippen LogP contribution in [-0.4, -0.2) is 45.8 Å². The van der Waals surface area contributed by atoms with Crippen molar-refractivity contribution in [1.29, 1.82) is 0 Å². The van der Waals surface area contributed by atoms with Crippen LogP contribution in [0.4, 0.5) is 0 Å². The molecule has 9 nitrogen and oxygen atoms in total. The second-order valence-electron chi connectivity index (χ2n) is 7.24. The van der Waals surface area contributed by atoms with Gasteiger partial charge in [-0.25, -0.2) is 9.36 Å². The quantitative estimate of drug-likeness (QED) is 0.391. The van der Waals surface area contributed by atoms with Crippen LogP contribution in [0, 0.1) is 5.41 Å². The number of esters is 1. The summed E-state index contributed by atoms with van der Waals surface area (Å²) in [5.41, 5.74) is 0.912. The van der Waals surface area contributed by atoms with Gasteiger partial charge in [-0.1, -0.05) is 26.5 Å². The maximum Gasteiger partial charge on any atom is 0.475 e. The first kappa shape index (κ1) is 24.1. The van der Waals surface area contributed by atoms with Crippen LogP contribution in [-0.2, 0) is 41.9 Å². The molecular weight excluding hydrogens is 415 g/mol. The van der Waals surface area contributed by atoms with Gasteiger partial charge in [-0.05, 0) is 36.0 Å². The largest absolute Gasteiger partial charge is 0.490 e. The Kier molecular flexibility index (Phi) is 7.47. The third-order valence-electron chi connectivity index (χ3n) is 4.90. The molecule has 0 aromatic carbocycles. The van der Waals surface area contributed by atoms with Gasteiger partial charge in [0.25, 0.3) is 5.76 Å². The van der Waals surface area contributed by atoms with Crippen LogP contribution in [0.1, 0.15) is 27.2 Å². The van der Waals surface area contributed by atoms with Crippen molar-refractivity contribution < 1.29 is 41.9 Å². The molecule has 0 N–H and O–H groups in total. The summed E-state index contributed by atoms with van der Waals surface area (Å²) >= 11 is 0. The van der Waals surface area contributed by atoms with E-state index in [0.717, 1.165) is 12.7 Å². The third-order valence-corrected chi connectivity index (χ3v) is 6.33. The zero-order chi connectivity index (χ0) is 22.7. The number of phosphoric ester groups is 1. The number of ether oxygens (including phenoxy) is 3. The molecule has 2 aliphatic rings. The molecule has 0 aromatic rings. The van der Waals surface area contributed by atoms with Gasteiger partial charge in [-0.2, -0.15) is 0 Å². The number of Topliss-reactive ketones (excluding diaryl/α,β-unsaturated/α-hetero) is 1. The van der Waals surface area contributed by atoms with Gasteiger partial charge in [-0.15, -0.1) is 0 Å². The van der Waals surface area contributed by atoms with Crippen LogP contribution in [0.2, 0.25) is 0 Å². The number of carbonyl (C=O) groups is 2. The van der Waals surface area contributed by atoms with Crippen molar-refractivity contribution in [2.45, 2.75) is 33.3 Å². The highest BCUT2D eigenvalue weighted by Crippen LogP contribution is 2.53. The van der Waals surface area contributed by atoms with Crippen molar-refractivity contribution in [2.24, 2.45) is 5.41 Å². The summed E-state index contributed by atoms with van der Waals surface area (Å²) in [4.78, 5) is 24.4. The van der Waals surface area contributed by atoms with Crippen molar-refractivity contribution in [3.8, 4) is 0 Å². The zero-order valence-electron chi connectivity index (χ0n) is 18.0. The van der Waals surface area contributed by atoms with Gasteiger partial charge in [0.2, 0.25) is 5.76 Å². The Balaban J connectivity index is 2.14. The maximum atomic E-state index is 12.9. The van der Waals surface area contributed by atoms with E-state index in [4.69, 9.17) is 27.8 Å². The molecule has 2 rings (SSSR count). The molecule has 0 amide bonds. The van der Waals surface area contributed by atoms with Crippen LogP contribution < -0.4 is 0 Å². The fraction of sp³-hybridized carbons (Fsp3) is 0.500. The second-order valence-corrected chi connectivity index (χ2v) is 8.97. The highest BCUT2D eigenvalue weighted by atomic mass is 31.2. The van der Waals surface area contributed by atoms with E-state index in [2.05, 4.69) is 6.58 Å². The monoisotopic (exact) mass is 442 g/mol. The topological polar surface area (TPSA) is 107 Å². The number of phosphoric acid groups is 1. The maximum absolute atomic E-state index is 12.9. The Bertz CT molecular complexity index is 879. The van der Waals surface area contributed by atoms with Gasteiger partial charge in [0.1, 0.15) is 6.10 Å².